The molecule has 1 aliphatic carbocycles. The number of phenols is 1. The molecule has 36 heavy (non-hydrogen) atoms. The van der Waals surface area contributed by atoms with E-state index in [0.29, 0.717) is 25.1 Å². The number of amides is 1. The van der Waals surface area contributed by atoms with Gasteiger partial charge in [-0.25, -0.2) is 0 Å². The van der Waals surface area contributed by atoms with Gasteiger partial charge in [0.15, 0.2) is 5.76 Å². The molecule has 2 unspecified atom stereocenters. The molecule has 3 N–H and O–H groups in total. The van der Waals surface area contributed by atoms with Crippen molar-refractivity contribution in [3.05, 3.63) is 95.3 Å². The van der Waals surface area contributed by atoms with Crippen LogP contribution in [-0.4, -0.2) is 35.6 Å². The monoisotopic (exact) mass is 485 g/mol. The van der Waals surface area contributed by atoms with Crippen molar-refractivity contribution in [1.29, 1.82) is 0 Å². The number of para-hydroxylation sites is 2. The molecular weight excluding hydrogens is 454 g/mol. The highest BCUT2D eigenvalue weighted by atomic mass is 16.7. The highest BCUT2D eigenvalue weighted by Gasteiger charge is 2.38. The molecule has 6 nitrogen and oxygen atoms in total. The normalized spacial score (nSPS) is 20.2. The summed E-state index contributed by atoms with van der Waals surface area (Å²) in [7, 11) is 0. The van der Waals surface area contributed by atoms with Gasteiger partial charge in [-0.2, -0.15) is 0 Å². The lowest BCUT2D eigenvalue weighted by molar-refractivity contribution is -0.165. The van der Waals surface area contributed by atoms with Crippen molar-refractivity contribution in [2.45, 2.75) is 38.4 Å². The van der Waals surface area contributed by atoms with E-state index >= 15 is 0 Å². The van der Waals surface area contributed by atoms with Gasteiger partial charge in [0, 0.05) is 25.0 Å². The number of carbonyl (C=O) groups is 1. The number of phenolic OH excluding ortho intramolecular Hbond substituents is 1. The number of rotatable bonds is 8. The molecule has 1 amide bonds. The van der Waals surface area contributed by atoms with E-state index in [0.717, 1.165) is 12.0 Å². The first-order valence-corrected chi connectivity index (χ1v) is 12.5. The summed E-state index contributed by atoms with van der Waals surface area (Å²) in [5, 5.41) is 22.4. The number of aromatic hydroxyl groups is 1. The van der Waals surface area contributed by atoms with Crippen molar-refractivity contribution in [3.8, 4) is 16.9 Å². The quantitative estimate of drug-likeness (QED) is 0.293. The Labute approximate surface area is 211 Å². The first-order chi connectivity index (χ1) is 17.6. The summed E-state index contributed by atoms with van der Waals surface area (Å²) in [6.45, 7) is 2.40. The summed E-state index contributed by atoms with van der Waals surface area (Å²) in [5.41, 5.74) is 6.51. The van der Waals surface area contributed by atoms with E-state index in [9.17, 15) is 15.0 Å². The average Bonchev–Trinajstić information content (AvgIpc) is 3.27. The maximum atomic E-state index is 13.2. The third kappa shape index (κ3) is 4.74. The molecule has 0 aromatic heterocycles. The van der Waals surface area contributed by atoms with Gasteiger partial charge in [0.05, 0.1) is 5.69 Å². The zero-order valence-corrected chi connectivity index (χ0v) is 20.3. The van der Waals surface area contributed by atoms with Crippen LogP contribution in [0.15, 0.2) is 78.6 Å². The van der Waals surface area contributed by atoms with E-state index in [1.165, 1.54) is 28.3 Å². The smallest absolute Gasteiger partial charge is 0.290 e. The van der Waals surface area contributed by atoms with Gasteiger partial charge in [-0.3, -0.25) is 4.79 Å². The molecule has 3 atom stereocenters. The summed E-state index contributed by atoms with van der Waals surface area (Å²) >= 11 is 0. The third-order valence-electron chi connectivity index (χ3n) is 6.99. The van der Waals surface area contributed by atoms with Gasteiger partial charge in [-0.1, -0.05) is 54.6 Å². The van der Waals surface area contributed by atoms with E-state index in [1.54, 1.807) is 18.2 Å². The lowest BCUT2D eigenvalue weighted by Crippen LogP contribution is -2.37. The number of nitrogens with one attached hydrogen (secondary N) is 1. The minimum absolute atomic E-state index is 0.0146. The van der Waals surface area contributed by atoms with Crippen LogP contribution >= 0.6 is 0 Å². The molecule has 3 aromatic carbocycles. The van der Waals surface area contributed by atoms with Gasteiger partial charge >= 0.3 is 0 Å². The molecule has 0 saturated carbocycles. The Balaban J connectivity index is 1.50. The van der Waals surface area contributed by atoms with Gasteiger partial charge in [-0.15, -0.1) is 0 Å². The fourth-order valence-electron chi connectivity index (χ4n) is 5.28. The van der Waals surface area contributed by atoms with Crippen LogP contribution in [0, 0.1) is 5.92 Å². The van der Waals surface area contributed by atoms with Gasteiger partial charge in [0.2, 0.25) is 6.29 Å². The summed E-state index contributed by atoms with van der Waals surface area (Å²) in [5.74, 6) is -0.508. The highest BCUT2D eigenvalue weighted by molar-refractivity contribution is 6.03. The van der Waals surface area contributed by atoms with Gasteiger partial charge in [-0.05, 0) is 72.2 Å². The summed E-state index contributed by atoms with van der Waals surface area (Å²) in [6.07, 6.45) is 3.40. The van der Waals surface area contributed by atoms with E-state index < -0.39 is 12.2 Å². The molecule has 1 aliphatic heterocycles. The first-order valence-electron chi connectivity index (χ1n) is 12.5. The predicted molar refractivity (Wildman–Crippen MR) is 139 cm³/mol. The molecule has 0 spiro atoms. The number of hydrogen-bond donors (Lipinski definition) is 3. The molecular formula is C30H31NO5. The second kappa shape index (κ2) is 10.6. The van der Waals surface area contributed by atoms with Crippen LogP contribution in [-0.2, 0) is 20.7 Å². The number of fused-ring (bicyclic) bond motifs is 3. The molecule has 0 radical (unpaired) electrons. The van der Waals surface area contributed by atoms with Crippen molar-refractivity contribution in [2.24, 2.45) is 5.92 Å². The fraction of sp³-hybridized carbons (Fsp3) is 0.300. The molecule has 0 bridgehead atoms. The number of allylic oxidation sites excluding steroid dienone is 1. The minimum Gasteiger partial charge on any atom is -0.506 e. The number of aliphatic hydroxyl groups is 1. The molecule has 2 aliphatic rings. The minimum atomic E-state index is -0.632. The third-order valence-corrected chi connectivity index (χ3v) is 6.99. The van der Waals surface area contributed by atoms with E-state index in [-0.39, 0.29) is 30.0 Å². The molecule has 5 rings (SSSR count). The summed E-state index contributed by atoms with van der Waals surface area (Å²) in [6, 6.07) is 21.6. The largest absolute Gasteiger partial charge is 0.506 e. The maximum Gasteiger partial charge on any atom is 0.290 e. The number of benzene rings is 3. The Morgan fingerprint density at radius 2 is 1.83 bits per heavy atom. The van der Waals surface area contributed by atoms with Crippen molar-refractivity contribution < 1.29 is 24.5 Å². The van der Waals surface area contributed by atoms with Crippen molar-refractivity contribution in [3.63, 3.8) is 0 Å². The van der Waals surface area contributed by atoms with Crippen molar-refractivity contribution in [2.75, 3.05) is 18.5 Å². The number of carbonyl (C=O) groups excluding carboxylic acids is 1. The highest BCUT2D eigenvalue weighted by Crippen LogP contribution is 2.43. The second-order valence-electron chi connectivity index (χ2n) is 9.25. The van der Waals surface area contributed by atoms with Gasteiger partial charge < -0.3 is 25.0 Å². The number of aliphatic hydroxyl groups excluding tert-OH is 1. The van der Waals surface area contributed by atoms with Crippen LogP contribution < -0.4 is 5.32 Å². The van der Waals surface area contributed by atoms with Crippen molar-refractivity contribution in [1.82, 2.24) is 0 Å². The predicted octanol–water partition coefficient (Wildman–Crippen LogP) is 5.35. The lowest BCUT2D eigenvalue weighted by atomic mass is 9.80. The van der Waals surface area contributed by atoms with Crippen LogP contribution in [0.4, 0.5) is 5.69 Å². The summed E-state index contributed by atoms with van der Waals surface area (Å²) < 4.78 is 12.0. The molecule has 3 aromatic rings. The zero-order valence-electron chi connectivity index (χ0n) is 20.3. The standard InChI is InChI=1S/C30H31NO5/c1-2-35-30-24(10-7-15-32)25(18-28(36-30)29(34)31-26-11-5-6-12-27(26)33)20-13-14-23-21(17-20)16-19-8-3-4-9-22(19)23/h3-6,8-9,11-14,17-18,24-25,30,32-33H,2,7,10,15-16H2,1H3,(H,31,34)/t24?,25-,30?/m1/s1. The Hall–Kier alpha value is -3.61. The number of hydrogen-bond acceptors (Lipinski definition) is 5. The van der Waals surface area contributed by atoms with Gasteiger partial charge in [0.25, 0.3) is 5.91 Å². The maximum absolute atomic E-state index is 13.2. The zero-order chi connectivity index (χ0) is 25.1. The second-order valence-corrected chi connectivity index (χ2v) is 9.25. The Morgan fingerprint density at radius 3 is 2.64 bits per heavy atom. The van der Waals surface area contributed by atoms with Crippen LogP contribution in [0.3, 0.4) is 0 Å². The van der Waals surface area contributed by atoms with Crippen LogP contribution in [0.1, 0.15) is 42.4 Å². The Bertz CT molecular complexity index is 1280. The van der Waals surface area contributed by atoms with Crippen molar-refractivity contribution >= 4 is 11.6 Å². The molecule has 6 heteroatoms. The Kier molecular flexibility index (Phi) is 7.07. The topological polar surface area (TPSA) is 88.0 Å². The fourth-order valence-corrected chi connectivity index (χ4v) is 5.28. The molecule has 0 fully saturated rings. The Morgan fingerprint density at radius 1 is 1.06 bits per heavy atom. The van der Waals surface area contributed by atoms with E-state index in [1.807, 2.05) is 13.0 Å². The molecule has 186 valence electrons. The van der Waals surface area contributed by atoms with Crippen LogP contribution in [0.25, 0.3) is 11.1 Å². The summed E-state index contributed by atoms with van der Waals surface area (Å²) in [4.78, 5) is 13.2. The first kappa shape index (κ1) is 24.1. The van der Waals surface area contributed by atoms with Gasteiger partial charge in [0.1, 0.15) is 5.75 Å². The molecule has 0 saturated heterocycles. The van der Waals surface area contributed by atoms with E-state index in [4.69, 9.17) is 9.47 Å². The van der Waals surface area contributed by atoms with Crippen LogP contribution in [0.2, 0.25) is 0 Å². The average molecular weight is 486 g/mol. The van der Waals surface area contributed by atoms with E-state index in [2.05, 4.69) is 47.8 Å². The molecule has 1 heterocycles. The van der Waals surface area contributed by atoms with Crippen LogP contribution in [0.5, 0.6) is 5.75 Å². The SMILES string of the molecule is CCOC1OC(C(=O)Nc2ccccc2O)=C[C@H](c2ccc3c(c2)Cc2ccccc2-3)C1CCCO. The lowest BCUT2D eigenvalue weighted by Gasteiger charge is -2.37. The number of ether oxygens (including phenoxy) is 2. The number of anilines is 1.